The fraction of sp³-hybridized carbons (Fsp3) is 0.533. The second kappa shape index (κ2) is 11.0. The molecular formula is C30H40N2O4. The number of carbonyl (C=O) groups excluding carboxylic acids is 2. The Labute approximate surface area is 215 Å². The minimum Gasteiger partial charge on any atom is -0.497 e. The Kier molecular flexibility index (Phi) is 8.04. The molecule has 0 bridgehead atoms. The van der Waals surface area contributed by atoms with Gasteiger partial charge in [0, 0.05) is 49.4 Å². The van der Waals surface area contributed by atoms with Gasteiger partial charge in [-0.3, -0.25) is 9.59 Å². The number of methoxy groups -OCH3 is 1. The van der Waals surface area contributed by atoms with E-state index < -0.39 is 0 Å². The molecule has 0 aromatic heterocycles. The molecule has 1 aliphatic carbocycles. The molecule has 2 aromatic carbocycles. The van der Waals surface area contributed by atoms with Crippen molar-refractivity contribution in [1.82, 2.24) is 9.80 Å². The summed E-state index contributed by atoms with van der Waals surface area (Å²) >= 11 is 0. The number of nitrogens with zero attached hydrogens (tertiary/aromatic N) is 2. The molecule has 36 heavy (non-hydrogen) atoms. The van der Waals surface area contributed by atoms with E-state index >= 15 is 0 Å². The summed E-state index contributed by atoms with van der Waals surface area (Å²) in [5, 5.41) is 0. The maximum atomic E-state index is 13.9. The SMILES string of the molecule is COc1cccc(C23CCN(C)CC2C(OC(C)=O)C[C@H](N(CC(C)C)C(=O)c2ccccc2)C3)c1. The van der Waals surface area contributed by atoms with Gasteiger partial charge in [0.05, 0.1) is 7.11 Å². The Balaban J connectivity index is 1.80. The fourth-order valence-electron chi connectivity index (χ4n) is 6.37. The Morgan fingerprint density at radius 2 is 1.89 bits per heavy atom. The van der Waals surface area contributed by atoms with Gasteiger partial charge in [-0.15, -0.1) is 0 Å². The van der Waals surface area contributed by atoms with Crippen molar-refractivity contribution < 1.29 is 19.1 Å². The van der Waals surface area contributed by atoms with Gasteiger partial charge in [0.25, 0.3) is 5.91 Å². The second-order valence-corrected chi connectivity index (χ2v) is 11.0. The lowest BCUT2D eigenvalue weighted by Crippen LogP contribution is -2.62. The van der Waals surface area contributed by atoms with Crippen LogP contribution in [-0.4, -0.2) is 67.6 Å². The van der Waals surface area contributed by atoms with Gasteiger partial charge in [-0.1, -0.05) is 44.2 Å². The van der Waals surface area contributed by atoms with E-state index in [-0.39, 0.29) is 35.4 Å². The number of rotatable bonds is 7. The molecule has 2 aliphatic rings. The van der Waals surface area contributed by atoms with Gasteiger partial charge in [-0.05, 0) is 62.2 Å². The molecule has 1 saturated heterocycles. The van der Waals surface area contributed by atoms with Crippen molar-refractivity contribution in [3.05, 3.63) is 65.7 Å². The average molecular weight is 493 g/mol. The standard InChI is InChI=1S/C30H40N2O4/c1-21(2)19-32(29(34)23-10-7-6-8-11-23)25-17-28(36-22(3)33)27-20-31(4)15-14-30(27,18-25)24-12-9-13-26(16-24)35-5/h6-13,16,21,25,27-28H,14-15,17-20H2,1-5H3/t25-,27?,28?,30?/m0/s1. The summed E-state index contributed by atoms with van der Waals surface area (Å²) < 4.78 is 11.6. The number of hydrogen-bond acceptors (Lipinski definition) is 5. The second-order valence-electron chi connectivity index (χ2n) is 11.0. The monoisotopic (exact) mass is 492 g/mol. The number of piperidine rings is 1. The molecule has 1 heterocycles. The summed E-state index contributed by atoms with van der Waals surface area (Å²) in [5.41, 5.74) is 1.68. The van der Waals surface area contributed by atoms with Crippen LogP contribution >= 0.6 is 0 Å². The number of amides is 1. The first-order valence-corrected chi connectivity index (χ1v) is 13.1. The molecule has 0 radical (unpaired) electrons. The molecule has 0 spiro atoms. The zero-order chi connectivity index (χ0) is 25.9. The zero-order valence-corrected chi connectivity index (χ0v) is 22.3. The summed E-state index contributed by atoms with van der Waals surface area (Å²) in [6.45, 7) is 8.23. The molecule has 1 aliphatic heterocycles. The highest BCUT2D eigenvalue weighted by Gasteiger charge is 2.54. The van der Waals surface area contributed by atoms with Crippen molar-refractivity contribution in [3.63, 3.8) is 0 Å². The fourth-order valence-corrected chi connectivity index (χ4v) is 6.37. The molecule has 6 heteroatoms. The quantitative estimate of drug-likeness (QED) is 0.521. The Hall–Kier alpha value is -2.86. The Morgan fingerprint density at radius 3 is 2.56 bits per heavy atom. The van der Waals surface area contributed by atoms with E-state index in [0.717, 1.165) is 31.7 Å². The number of ether oxygens (including phenoxy) is 2. The molecule has 6 nitrogen and oxygen atoms in total. The largest absolute Gasteiger partial charge is 0.497 e. The molecule has 4 rings (SSSR count). The summed E-state index contributed by atoms with van der Waals surface area (Å²) in [5.74, 6) is 1.05. The molecule has 3 unspecified atom stereocenters. The number of hydrogen-bond donors (Lipinski definition) is 0. The topological polar surface area (TPSA) is 59.1 Å². The lowest BCUT2D eigenvalue weighted by Gasteiger charge is -2.56. The van der Waals surface area contributed by atoms with Crippen molar-refractivity contribution in [3.8, 4) is 5.75 Å². The van der Waals surface area contributed by atoms with Crippen LogP contribution in [0.15, 0.2) is 54.6 Å². The first-order chi connectivity index (χ1) is 17.2. The van der Waals surface area contributed by atoms with Gasteiger partial charge < -0.3 is 19.3 Å². The summed E-state index contributed by atoms with van der Waals surface area (Å²) in [6, 6.07) is 17.8. The third-order valence-corrected chi connectivity index (χ3v) is 7.96. The normalized spacial score (nSPS) is 26.2. The van der Waals surface area contributed by atoms with Crippen molar-refractivity contribution in [2.45, 2.75) is 57.6 Å². The van der Waals surface area contributed by atoms with Crippen LogP contribution in [0.3, 0.4) is 0 Å². The maximum absolute atomic E-state index is 13.9. The maximum Gasteiger partial charge on any atom is 0.302 e. The van der Waals surface area contributed by atoms with E-state index in [1.54, 1.807) is 7.11 Å². The van der Waals surface area contributed by atoms with E-state index in [2.05, 4.69) is 37.9 Å². The van der Waals surface area contributed by atoms with Gasteiger partial charge in [0.1, 0.15) is 11.9 Å². The molecule has 2 fully saturated rings. The summed E-state index contributed by atoms with van der Waals surface area (Å²) in [6.07, 6.45) is 2.15. The van der Waals surface area contributed by atoms with E-state index in [4.69, 9.17) is 9.47 Å². The lowest BCUT2D eigenvalue weighted by molar-refractivity contribution is -0.158. The van der Waals surface area contributed by atoms with Crippen LogP contribution in [0.2, 0.25) is 0 Å². The van der Waals surface area contributed by atoms with Crippen LogP contribution in [0.4, 0.5) is 0 Å². The molecule has 0 N–H and O–H groups in total. The molecule has 2 aromatic rings. The third kappa shape index (κ3) is 5.44. The minimum absolute atomic E-state index is 0.0445. The molecular weight excluding hydrogens is 452 g/mol. The Bertz CT molecular complexity index is 1060. The molecule has 4 atom stereocenters. The number of benzene rings is 2. The van der Waals surface area contributed by atoms with Crippen LogP contribution in [0.5, 0.6) is 5.75 Å². The average Bonchev–Trinajstić information content (AvgIpc) is 2.87. The van der Waals surface area contributed by atoms with Gasteiger partial charge in [-0.25, -0.2) is 0 Å². The highest BCUT2D eigenvalue weighted by molar-refractivity contribution is 5.94. The smallest absolute Gasteiger partial charge is 0.302 e. The molecule has 1 amide bonds. The first kappa shape index (κ1) is 26.2. The van der Waals surface area contributed by atoms with Crippen LogP contribution in [0, 0.1) is 11.8 Å². The van der Waals surface area contributed by atoms with Gasteiger partial charge in [0.15, 0.2) is 0 Å². The van der Waals surface area contributed by atoms with Gasteiger partial charge in [-0.2, -0.15) is 0 Å². The first-order valence-electron chi connectivity index (χ1n) is 13.1. The van der Waals surface area contributed by atoms with E-state index in [0.29, 0.717) is 24.4 Å². The molecule has 1 saturated carbocycles. The van der Waals surface area contributed by atoms with Crippen molar-refractivity contribution >= 4 is 11.9 Å². The van der Waals surface area contributed by atoms with Crippen LogP contribution < -0.4 is 4.74 Å². The number of carbonyl (C=O) groups is 2. The summed E-state index contributed by atoms with van der Waals surface area (Å²) in [7, 11) is 3.83. The highest BCUT2D eigenvalue weighted by atomic mass is 16.5. The van der Waals surface area contributed by atoms with E-state index in [1.807, 2.05) is 47.4 Å². The van der Waals surface area contributed by atoms with Crippen molar-refractivity contribution in [1.29, 1.82) is 0 Å². The van der Waals surface area contributed by atoms with Crippen LogP contribution in [0.1, 0.15) is 56.0 Å². The molecule has 194 valence electrons. The number of likely N-dealkylation sites (tertiary alicyclic amines) is 1. The lowest BCUT2D eigenvalue weighted by atomic mass is 9.56. The highest BCUT2D eigenvalue weighted by Crippen LogP contribution is 2.51. The van der Waals surface area contributed by atoms with Crippen LogP contribution in [0.25, 0.3) is 0 Å². The third-order valence-electron chi connectivity index (χ3n) is 7.96. The number of fused-ring (bicyclic) bond motifs is 1. The number of esters is 1. The van der Waals surface area contributed by atoms with Crippen LogP contribution in [-0.2, 0) is 14.9 Å². The minimum atomic E-state index is -0.270. The van der Waals surface area contributed by atoms with E-state index in [9.17, 15) is 9.59 Å². The Morgan fingerprint density at radius 1 is 1.14 bits per heavy atom. The van der Waals surface area contributed by atoms with Crippen molar-refractivity contribution in [2.24, 2.45) is 11.8 Å². The van der Waals surface area contributed by atoms with Gasteiger partial charge in [0.2, 0.25) is 0 Å². The zero-order valence-electron chi connectivity index (χ0n) is 22.3. The predicted molar refractivity (Wildman–Crippen MR) is 141 cm³/mol. The summed E-state index contributed by atoms with van der Waals surface area (Å²) in [4.78, 5) is 30.5. The van der Waals surface area contributed by atoms with Gasteiger partial charge >= 0.3 is 5.97 Å². The van der Waals surface area contributed by atoms with Crippen molar-refractivity contribution in [2.75, 3.05) is 33.8 Å². The van der Waals surface area contributed by atoms with E-state index in [1.165, 1.54) is 12.5 Å². The predicted octanol–water partition coefficient (Wildman–Crippen LogP) is 4.78.